The van der Waals surface area contributed by atoms with Crippen molar-refractivity contribution in [3.63, 3.8) is 0 Å². The molecule has 1 fully saturated rings. The van der Waals surface area contributed by atoms with E-state index < -0.39 is 5.60 Å². The molecule has 0 atom stereocenters. The molecule has 0 aromatic heterocycles. The first-order valence-corrected chi connectivity index (χ1v) is 6.15. The van der Waals surface area contributed by atoms with E-state index in [1.807, 2.05) is 7.05 Å². The van der Waals surface area contributed by atoms with Crippen molar-refractivity contribution < 1.29 is 5.11 Å². The number of hydrogen-bond acceptors (Lipinski definition) is 3. The highest BCUT2D eigenvalue weighted by Gasteiger charge is 2.31. The van der Waals surface area contributed by atoms with Gasteiger partial charge in [0.05, 0.1) is 5.60 Å². The lowest BCUT2D eigenvalue weighted by Gasteiger charge is -2.38. The fourth-order valence-electron chi connectivity index (χ4n) is 2.14. The molecular weight excluding hydrogens is 188 g/mol. The van der Waals surface area contributed by atoms with Crippen molar-refractivity contribution in [3.8, 4) is 0 Å². The number of nitrogens with zero attached hydrogens (tertiary/aromatic N) is 1. The van der Waals surface area contributed by atoms with Crippen LogP contribution in [0.15, 0.2) is 0 Å². The Morgan fingerprint density at radius 2 is 1.93 bits per heavy atom. The van der Waals surface area contributed by atoms with Gasteiger partial charge in [-0.15, -0.1) is 0 Å². The van der Waals surface area contributed by atoms with Crippen LogP contribution < -0.4 is 5.32 Å². The molecule has 0 aromatic carbocycles. The van der Waals surface area contributed by atoms with Crippen molar-refractivity contribution in [2.75, 3.05) is 33.2 Å². The van der Waals surface area contributed by atoms with Crippen molar-refractivity contribution in [3.05, 3.63) is 0 Å². The fourth-order valence-corrected chi connectivity index (χ4v) is 2.14. The normalized spacial score (nSPS) is 22.2. The molecule has 90 valence electrons. The SMILES string of the molecule is CNCC1(O)CCN(CCC(C)C)CC1. The summed E-state index contributed by atoms with van der Waals surface area (Å²) in [6.07, 6.45) is 3.09. The zero-order valence-electron chi connectivity index (χ0n) is 10.4. The van der Waals surface area contributed by atoms with Crippen LogP contribution in [0.25, 0.3) is 0 Å². The molecular formula is C12H26N2O. The Hall–Kier alpha value is -0.120. The summed E-state index contributed by atoms with van der Waals surface area (Å²) in [6.45, 7) is 8.54. The Morgan fingerprint density at radius 3 is 2.40 bits per heavy atom. The van der Waals surface area contributed by atoms with Crippen molar-refractivity contribution in [1.29, 1.82) is 0 Å². The second kappa shape index (κ2) is 5.83. The zero-order valence-corrected chi connectivity index (χ0v) is 10.4. The summed E-state index contributed by atoms with van der Waals surface area (Å²) >= 11 is 0. The van der Waals surface area contributed by atoms with E-state index in [1.54, 1.807) is 0 Å². The zero-order chi connectivity index (χ0) is 11.3. The quantitative estimate of drug-likeness (QED) is 0.719. The first kappa shape index (κ1) is 12.9. The lowest BCUT2D eigenvalue weighted by atomic mass is 9.91. The number of nitrogens with one attached hydrogen (secondary N) is 1. The van der Waals surface area contributed by atoms with Crippen molar-refractivity contribution in [1.82, 2.24) is 10.2 Å². The third-order valence-corrected chi connectivity index (χ3v) is 3.32. The Labute approximate surface area is 93.9 Å². The van der Waals surface area contributed by atoms with E-state index in [0.717, 1.165) is 38.4 Å². The maximum Gasteiger partial charge on any atom is 0.0795 e. The Morgan fingerprint density at radius 1 is 1.33 bits per heavy atom. The molecule has 3 nitrogen and oxygen atoms in total. The maximum absolute atomic E-state index is 10.2. The molecule has 15 heavy (non-hydrogen) atoms. The van der Waals surface area contributed by atoms with Gasteiger partial charge in [-0.1, -0.05) is 13.8 Å². The maximum atomic E-state index is 10.2. The molecule has 0 saturated carbocycles. The summed E-state index contributed by atoms with van der Waals surface area (Å²) in [4.78, 5) is 2.48. The third kappa shape index (κ3) is 4.49. The van der Waals surface area contributed by atoms with Crippen LogP contribution in [0.5, 0.6) is 0 Å². The van der Waals surface area contributed by atoms with Crippen LogP contribution in [0.3, 0.4) is 0 Å². The molecule has 1 saturated heterocycles. The predicted molar refractivity (Wildman–Crippen MR) is 64.0 cm³/mol. The van der Waals surface area contributed by atoms with E-state index in [2.05, 4.69) is 24.1 Å². The van der Waals surface area contributed by atoms with E-state index in [1.165, 1.54) is 13.0 Å². The number of likely N-dealkylation sites (N-methyl/N-ethyl adjacent to an activating group) is 1. The molecule has 0 aromatic rings. The van der Waals surface area contributed by atoms with Crippen LogP contribution in [-0.2, 0) is 0 Å². The summed E-state index contributed by atoms with van der Waals surface area (Å²) in [5.41, 5.74) is -0.455. The van der Waals surface area contributed by atoms with Crippen LogP contribution >= 0.6 is 0 Å². The van der Waals surface area contributed by atoms with Gasteiger partial charge in [0.25, 0.3) is 0 Å². The molecule has 3 heteroatoms. The minimum Gasteiger partial charge on any atom is -0.388 e. The molecule has 0 amide bonds. The van der Waals surface area contributed by atoms with Crippen LogP contribution in [0, 0.1) is 5.92 Å². The fraction of sp³-hybridized carbons (Fsp3) is 1.00. The van der Waals surface area contributed by atoms with Gasteiger partial charge < -0.3 is 15.3 Å². The van der Waals surface area contributed by atoms with Gasteiger partial charge in [-0.3, -0.25) is 0 Å². The average Bonchev–Trinajstić information content (AvgIpc) is 2.17. The summed E-state index contributed by atoms with van der Waals surface area (Å²) in [6, 6.07) is 0. The van der Waals surface area contributed by atoms with Gasteiger partial charge in [-0.25, -0.2) is 0 Å². The van der Waals surface area contributed by atoms with Gasteiger partial charge in [0.2, 0.25) is 0 Å². The lowest BCUT2D eigenvalue weighted by Crippen LogP contribution is -2.49. The van der Waals surface area contributed by atoms with E-state index in [4.69, 9.17) is 0 Å². The highest BCUT2D eigenvalue weighted by atomic mass is 16.3. The van der Waals surface area contributed by atoms with E-state index >= 15 is 0 Å². The Kier molecular flexibility index (Phi) is 5.03. The highest BCUT2D eigenvalue weighted by molar-refractivity contribution is 4.87. The minimum absolute atomic E-state index is 0.455. The molecule has 2 N–H and O–H groups in total. The topological polar surface area (TPSA) is 35.5 Å². The smallest absolute Gasteiger partial charge is 0.0795 e. The molecule has 1 heterocycles. The van der Waals surface area contributed by atoms with Crippen LogP contribution in [0.4, 0.5) is 0 Å². The molecule has 1 rings (SSSR count). The summed E-state index contributed by atoms with van der Waals surface area (Å²) in [7, 11) is 1.91. The lowest BCUT2D eigenvalue weighted by molar-refractivity contribution is -0.0191. The van der Waals surface area contributed by atoms with Gasteiger partial charge in [-0.2, -0.15) is 0 Å². The first-order chi connectivity index (χ1) is 7.06. The van der Waals surface area contributed by atoms with E-state index in [9.17, 15) is 5.11 Å². The van der Waals surface area contributed by atoms with Gasteiger partial charge in [0, 0.05) is 19.6 Å². The summed E-state index contributed by atoms with van der Waals surface area (Å²) in [5, 5.41) is 13.3. The molecule has 0 aliphatic carbocycles. The van der Waals surface area contributed by atoms with Crippen LogP contribution in [0.2, 0.25) is 0 Å². The highest BCUT2D eigenvalue weighted by Crippen LogP contribution is 2.21. The number of piperidine rings is 1. The number of likely N-dealkylation sites (tertiary alicyclic amines) is 1. The Balaban J connectivity index is 2.23. The molecule has 0 spiro atoms. The second-order valence-corrected chi connectivity index (χ2v) is 5.28. The van der Waals surface area contributed by atoms with Gasteiger partial charge in [-0.05, 0) is 38.8 Å². The molecule has 0 bridgehead atoms. The van der Waals surface area contributed by atoms with Crippen LogP contribution in [0.1, 0.15) is 33.1 Å². The Bertz CT molecular complexity index is 174. The van der Waals surface area contributed by atoms with Gasteiger partial charge in [0.15, 0.2) is 0 Å². The standard InChI is InChI=1S/C12H26N2O/c1-11(2)4-7-14-8-5-12(15,6-9-14)10-13-3/h11,13,15H,4-10H2,1-3H3. The van der Waals surface area contributed by atoms with E-state index in [-0.39, 0.29) is 0 Å². The summed E-state index contributed by atoms with van der Waals surface area (Å²) < 4.78 is 0. The molecule has 1 aliphatic heterocycles. The largest absolute Gasteiger partial charge is 0.388 e. The van der Waals surface area contributed by atoms with Crippen molar-refractivity contribution in [2.45, 2.75) is 38.7 Å². The third-order valence-electron chi connectivity index (χ3n) is 3.32. The number of aliphatic hydroxyl groups is 1. The monoisotopic (exact) mass is 214 g/mol. The second-order valence-electron chi connectivity index (χ2n) is 5.28. The number of rotatable bonds is 5. The van der Waals surface area contributed by atoms with Crippen molar-refractivity contribution in [2.24, 2.45) is 5.92 Å². The average molecular weight is 214 g/mol. The van der Waals surface area contributed by atoms with Crippen molar-refractivity contribution >= 4 is 0 Å². The van der Waals surface area contributed by atoms with Gasteiger partial charge >= 0.3 is 0 Å². The molecule has 0 radical (unpaired) electrons. The first-order valence-electron chi connectivity index (χ1n) is 6.15. The predicted octanol–water partition coefficient (Wildman–Crippen LogP) is 1.08. The number of hydrogen-bond donors (Lipinski definition) is 2. The van der Waals surface area contributed by atoms with Gasteiger partial charge in [0.1, 0.15) is 0 Å². The minimum atomic E-state index is -0.455. The summed E-state index contributed by atoms with van der Waals surface area (Å²) in [5.74, 6) is 0.781. The molecule has 1 aliphatic rings. The van der Waals surface area contributed by atoms with Crippen LogP contribution in [-0.4, -0.2) is 48.8 Å². The molecule has 0 unspecified atom stereocenters. The van der Waals surface area contributed by atoms with E-state index in [0.29, 0.717) is 0 Å².